The molecule has 0 amide bonds. The van der Waals surface area contributed by atoms with Gasteiger partial charge in [0.05, 0.1) is 0 Å². The Kier molecular flexibility index (Phi) is 1.03. The summed E-state index contributed by atoms with van der Waals surface area (Å²) in [6.07, 6.45) is 0. The zero-order chi connectivity index (χ0) is 3.58. The van der Waals surface area contributed by atoms with Crippen LogP contribution in [0.5, 0.6) is 0 Å². The van der Waals surface area contributed by atoms with Gasteiger partial charge >= 0.3 is 25.7 Å². The average Bonchev–Trinajstić information content (AvgIpc) is 0.811. The van der Waals surface area contributed by atoms with Crippen molar-refractivity contribution in [1.29, 1.82) is 0 Å². The molecule has 0 bridgehead atoms. The van der Waals surface area contributed by atoms with Gasteiger partial charge in [-0.05, 0) is 0 Å². The van der Waals surface area contributed by atoms with Crippen molar-refractivity contribution in [3.63, 3.8) is 0 Å². The van der Waals surface area contributed by atoms with Gasteiger partial charge in [0.15, 0.2) is 0 Å². The first-order valence-electron chi connectivity index (χ1n) is 1.14. The Hall–Kier alpha value is -0.265. The van der Waals surface area contributed by atoms with E-state index in [1.165, 1.54) is 0 Å². The second kappa shape index (κ2) is 1.10. The standard InChI is InChI=1S/C2H6BN/c1-2(3)4/h3H,4H2,1H3. The Morgan fingerprint density at radius 1 is 2.00 bits per heavy atom. The van der Waals surface area contributed by atoms with E-state index in [9.17, 15) is 0 Å². The Balaban J connectivity index is 2.80. The van der Waals surface area contributed by atoms with Crippen LogP contribution in [0.1, 0.15) is 6.92 Å². The van der Waals surface area contributed by atoms with Crippen LogP contribution in [-0.2, 0) is 0 Å². The molecular weight excluding hydrogens is 48.8 g/mol. The van der Waals surface area contributed by atoms with Crippen molar-refractivity contribution < 1.29 is 0 Å². The van der Waals surface area contributed by atoms with Crippen LogP contribution in [0, 0.1) is 0 Å². The summed E-state index contributed by atoms with van der Waals surface area (Å²) in [5.74, 6) is 0. The van der Waals surface area contributed by atoms with Crippen LogP contribution in [0.15, 0.2) is 0 Å². The predicted molar refractivity (Wildman–Crippen MR) is 22.0 cm³/mol. The fourth-order valence-electron chi connectivity index (χ4n) is 0. The zero-order valence-electron chi connectivity index (χ0n) is 2.78. The first-order chi connectivity index (χ1) is 1.73. The van der Waals surface area contributed by atoms with Crippen LogP contribution in [-0.4, -0.2) is 13.1 Å². The summed E-state index contributed by atoms with van der Waals surface area (Å²) in [4.78, 5) is 0. The van der Waals surface area contributed by atoms with Gasteiger partial charge in [0, 0.05) is 0 Å². The van der Waals surface area contributed by atoms with Gasteiger partial charge in [-0.1, -0.05) is 0 Å². The third-order valence-electron chi connectivity index (χ3n) is 0. The first-order valence-corrected chi connectivity index (χ1v) is 1.14. The van der Waals surface area contributed by atoms with Crippen LogP contribution in [0.2, 0.25) is 0 Å². The molecule has 0 spiro atoms. The summed E-state index contributed by atoms with van der Waals surface area (Å²) in [6.45, 7) is 1.75. The van der Waals surface area contributed by atoms with E-state index < -0.39 is 0 Å². The minimum absolute atomic E-state index is 0.667. The topological polar surface area (TPSA) is 26.0 Å². The summed E-state index contributed by atoms with van der Waals surface area (Å²) < 4.78 is 0. The Morgan fingerprint density at radius 3 is 2.00 bits per heavy atom. The molecule has 0 atom stereocenters. The Bertz CT molecular complexity index is 29.0. The van der Waals surface area contributed by atoms with Crippen LogP contribution >= 0.6 is 0 Å². The van der Waals surface area contributed by atoms with Gasteiger partial charge in [0.25, 0.3) is 0 Å². The average molecular weight is 54.9 g/mol. The molecular formula is C2H6BN. The number of rotatable bonds is 0. The molecule has 0 saturated carbocycles. The third-order valence-corrected chi connectivity index (χ3v) is 0. The van der Waals surface area contributed by atoms with Crippen LogP contribution in [0.3, 0.4) is 0 Å². The molecule has 0 aromatic rings. The van der Waals surface area contributed by atoms with E-state index >= 15 is 0 Å². The van der Waals surface area contributed by atoms with Crippen LogP contribution in [0.4, 0.5) is 0 Å². The molecule has 2 N–H and O–H groups in total. The van der Waals surface area contributed by atoms with Crippen LogP contribution < -0.4 is 5.73 Å². The van der Waals surface area contributed by atoms with Gasteiger partial charge in [-0.2, -0.15) is 0 Å². The van der Waals surface area contributed by atoms with E-state index in [0.29, 0.717) is 5.59 Å². The fraction of sp³-hybridized carbons (Fsp3) is 0.500. The molecule has 0 unspecified atom stereocenters. The molecule has 0 aliphatic carbocycles. The van der Waals surface area contributed by atoms with E-state index in [1.54, 1.807) is 6.92 Å². The monoisotopic (exact) mass is 55.1 g/mol. The molecule has 0 saturated heterocycles. The summed E-state index contributed by atoms with van der Waals surface area (Å²) in [7, 11) is 3.33. The molecule has 0 radical (unpaired) electrons. The van der Waals surface area contributed by atoms with Crippen molar-refractivity contribution in [1.82, 2.24) is 0 Å². The fourth-order valence-corrected chi connectivity index (χ4v) is 0. The Morgan fingerprint density at radius 2 is 2.00 bits per heavy atom. The van der Waals surface area contributed by atoms with Crippen molar-refractivity contribution in [2.45, 2.75) is 6.92 Å². The van der Waals surface area contributed by atoms with Gasteiger partial charge in [-0.25, -0.2) is 0 Å². The normalized spacial score (nSPS) is 6.00. The number of hydrogen-bond acceptors (Lipinski definition) is 1. The van der Waals surface area contributed by atoms with E-state index in [2.05, 4.69) is 7.49 Å². The molecule has 0 aliphatic heterocycles. The van der Waals surface area contributed by atoms with Gasteiger partial charge in [-0.15, -0.1) is 0 Å². The molecule has 0 fully saturated rings. The second-order valence-corrected chi connectivity index (χ2v) is 0.846. The van der Waals surface area contributed by atoms with Crippen LogP contribution in [0.25, 0.3) is 0 Å². The molecule has 0 heterocycles. The molecule has 1 nitrogen and oxygen atoms in total. The van der Waals surface area contributed by atoms with Crippen molar-refractivity contribution >= 4 is 13.1 Å². The van der Waals surface area contributed by atoms with Crippen molar-refractivity contribution in [3.8, 4) is 0 Å². The summed E-state index contributed by atoms with van der Waals surface area (Å²) >= 11 is 0. The summed E-state index contributed by atoms with van der Waals surface area (Å²) in [5.41, 5.74) is 5.58. The van der Waals surface area contributed by atoms with Crippen molar-refractivity contribution in [2.75, 3.05) is 0 Å². The number of hydrogen-bond donors (Lipinski definition) is 1. The number of nitrogens with two attached hydrogens (primary N) is 1. The van der Waals surface area contributed by atoms with Gasteiger partial charge in [-0.3, -0.25) is 0 Å². The molecule has 2 heteroatoms. The Labute approximate surface area is 26.9 Å². The van der Waals surface area contributed by atoms with Gasteiger partial charge in [0.2, 0.25) is 0 Å². The van der Waals surface area contributed by atoms with Crippen molar-refractivity contribution in [2.24, 2.45) is 5.73 Å². The molecule has 0 aromatic carbocycles. The first kappa shape index (κ1) is 3.73. The van der Waals surface area contributed by atoms with Gasteiger partial charge < -0.3 is 0 Å². The molecule has 0 aromatic heterocycles. The summed E-state index contributed by atoms with van der Waals surface area (Å²) in [6, 6.07) is 0. The molecule has 4 heavy (non-hydrogen) atoms. The van der Waals surface area contributed by atoms with E-state index in [4.69, 9.17) is 5.73 Å². The summed E-state index contributed by atoms with van der Waals surface area (Å²) in [5, 5.41) is 0. The van der Waals surface area contributed by atoms with Crippen molar-refractivity contribution in [3.05, 3.63) is 0 Å². The van der Waals surface area contributed by atoms with E-state index in [-0.39, 0.29) is 0 Å². The zero-order valence-corrected chi connectivity index (χ0v) is 2.78. The maximum atomic E-state index is 4.92. The van der Waals surface area contributed by atoms with E-state index in [1.807, 2.05) is 0 Å². The predicted octanol–water partition coefficient (Wildman–Crippen LogP) is -1.00. The van der Waals surface area contributed by atoms with Gasteiger partial charge in [0.1, 0.15) is 0 Å². The third kappa shape index (κ3) is 13.3. The molecule has 22 valence electrons. The quantitative estimate of drug-likeness (QED) is 0.353. The second-order valence-electron chi connectivity index (χ2n) is 0.846. The molecule has 0 aliphatic rings. The SMILES string of the molecule is B=C(C)N. The maximum absolute atomic E-state index is 4.92. The minimum atomic E-state index is 0.667. The molecule has 0 rings (SSSR count). The van der Waals surface area contributed by atoms with E-state index in [0.717, 1.165) is 0 Å².